The molecule has 0 fully saturated rings. The quantitative estimate of drug-likeness (QED) is 0.194. The summed E-state index contributed by atoms with van der Waals surface area (Å²) in [6.07, 6.45) is 0. The van der Waals surface area contributed by atoms with E-state index in [1.54, 1.807) is 0 Å². The zero-order valence-corrected chi connectivity index (χ0v) is 15.4. The predicted molar refractivity (Wildman–Crippen MR) is 88.2 cm³/mol. The van der Waals surface area contributed by atoms with Crippen LogP contribution in [0.3, 0.4) is 0 Å². The molecule has 0 spiro atoms. The summed E-state index contributed by atoms with van der Waals surface area (Å²) in [6, 6.07) is 0. The predicted octanol–water partition coefficient (Wildman–Crippen LogP) is -2.59. The Morgan fingerprint density at radius 3 is 1.28 bits per heavy atom. The maximum atomic E-state index is 11.2. The normalized spacial score (nSPS) is 11.5. The van der Waals surface area contributed by atoms with Crippen LogP contribution < -0.4 is 10.6 Å². The Bertz CT molecular complexity index is 675. The third kappa shape index (κ3) is 20.4. The van der Waals surface area contributed by atoms with Crippen LogP contribution >= 0.6 is 7.82 Å². The highest BCUT2D eigenvalue weighted by Crippen LogP contribution is 2.25. The van der Waals surface area contributed by atoms with Crippen LogP contribution in [0.5, 0.6) is 0 Å². The summed E-state index contributed by atoms with van der Waals surface area (Å²) < 4.78 is 52.9. The van der Waals surface area contributed by atoms with Gasteiger partial charge in [0.05, 0.1) is 0 Å². The molecule has 0 aliphatic carbocycles. The average Bonchev–Trinajstić information content (AvgIpc) is 2.41. The number of rotatable bonds is 9. The summed E-state index contributed by atoms with van der Waals surface area (Å²) >= 11 is 0. The summed E-state index contributed by atoms with van der Waals surface area (Å²) in [5, 5.41) is 5.86. The van der Waals surface area contributed by atoms with Gasteiger partial charge >= 0.3 is 7.82 Å². The first-order valence-electron chi connectivity index (χ1n) is 6.14. The van der Waals surface area contributed by atoms with E-state index in [9.17, 15) is 26.4 Å². The van der Waals surface area contributed by atoms with Gasteiger partial charge in [0.25, 0.3) is 0 Å². The highest BCUT2D eigenvalue weighted by Gasteiger charge is 2.13. The summed E-state index contributed by atoms with van der Waals surface area (Å²) in [5.74, 6) is -2.93. The van der Waals surface area contributed by atoms with E-state index in [0.29, 0.717) is 10.8 Å². The van der Waals surface area contributed by atoms with Gasteiger partial charge in [0, 0.05) is 23.9 Å². The van der Waals surface area contributed by atoms with Crippen molar-refractivity contribution in [2.45, 2.75) is 0 Å². The zero-order valence-electron chi connectivity index (χ0n) is 12.9. The number of sulfone groups is 2. The molecule has 0 heterocycles. The Kier molecular flexibility index (Phi) is 11.4. The maximum Gasteiger partial charge on any atom is 0.466 e. The molecule has 0 rings (SSSR count). The van der Waals surface area contributed by atoms with Crippen molar-refractivity contribution in [3.8, 4) is 0 Å². The van der Waals surface area contributed by atoms with Gasteiger partial charge in [0.1, 0.15) is 11.5 Å². The molecular weight excluding hydrogens is 403 g/mol. The topological polar surface area (TPSA) is 204 Å². The van der Waals surface area contributed by atoms with E-state index in [4.69, 9.17) is 19.2 Å². The molecule has 0 aliphatic heterocycles. The van der Waals surface area contributed by atoms with E-state index in [2.05, 4.69) is 23.8 Å². The lowest BCUT2D eigenvalue weighted by Crippen LogP contribution is -2.38. The number of hydrogen-bond donors (Lipinski definition) is 5. The van der Waals surface area contributed by atoms with Crippen molar-refractivity contribution in [3.05, 3.63) is 24.0 Å². The van der Waals surface area contributed by atoms with Crippen molar-refractivity contribution in [3.63, 3.8) is 0 Å². The minimum Gasteiger partial charge on any atom is -0.353 e. The molecule has 0 saturated heterocycles. The molecule has 0 aromatic rings. The van der Waals surface area contributed by atoms with Crippen LogP contribution in [-0.2, 0) is 33.8 Å². The summed E-state index contributed by atoms with van der Waals surface area (Å²) in [4.78, 5) is 43.9. The van der Waals surface area contributed by atoms with Gasteiger partial charge in [-0.25, -0.2) is 21.4 Å². The molecule has 15 heteroatoms. The molecular formula is C10H19N2O10PS2. The van der Waals surface area contributed by atoms with Crippen LogP contribution in [0.4, 0.5) is 0 Å². The van der Waals surface area contributed by atoms with Crippen LogP contribution in [-0.4, -0.2) is 67.9 Å². The fraction of sp³-hybridized carbons (Fsp3) is 0.400. The Morgan fingerprint density at radius 1 is 0.840 bits per heavy atom. The number of carbonyl (C=O) groups is 2. The fourth-order valence-corrected chi connectivity index (χ4v) is 2.16. The smallest absolute Gasteiger partial charge is 0.353 e. The second-order valence-electron chi connectivity index (χ2n) is 4.16. The first-order chi connectivity index (χ1) is 11.1. The Morgan fingerprint density at radius 2 is 1.08 bits per heavy atom. The largest absolute Gasteiger partial charge is 0.466 e. The fourth-order valence-electron chi connectivity index (χ4n) is 0.989. The van der Waals surface area contributed by atoms with Crippen molar-refractivity contribution in [2.24, 2.45) is 0 Å². The van der Waals surface area contributed by atoms with Gasteiger partial charge < -0.3 is 25.3 Å². The number of nitrogens with one attached hydrogen (secondary N) is 2. The van der Waals surface area contributed by atoms with E-state index < -0.39 is 50.8 Å². The van der Waals surface area contributed by atoms with Crippen LogP contribution in [0.1, 0.15) is 0 Å². The molecule has 25 heavy (non-hydrogen) atoms. The minimum atomic E-state index is -4.64. The standard InChI is InChI=1S/C10H16N2O6S2.H3O4P/c1-3-19(15,16)7-9(13)11-5-6-12-10(14)8-20(17,18)4-2;1-5(2,3)4/h3-4H,1-2,5-8H2,(H,11,13)(H,12,14);(H3,1,2,3,4). The monoisotopic (exact) mass is 422 g/mol. The number of amides is 2. The number of phosphoric acid groups is 1. The van der Waals surface area contributed by atoms with Gasteiger partial charge in [-0.1, -0.05) is 13.2 Å². The second kappa shape index (κ2) is 11.1. The van der Waals surface area contributed by atoms with E-state index in [-0.39, 0.29) is 13.1 Å². The first kappa shape index (κ1) is 25.7. The van der Waals surface area contributed by atoms with Gasteiger partial charge in [-0.05, 0) is 0 Å². The van der Waals surface area contributed by atoms with Crippen molar-refractivity contribution < 1.29 is 45.7 Å². The van der Waals surface area contributed by atoms with Gasteiger partial charge in [-0.3, -0.25) is 9.59 Å². The number of carbonyl (C=O) groups excluding carboxylic acids is 2. The van der Waals surface area contributed by atoms with E-state index in [1.165, 1.54) is 0 Å². The van der Waals surface area contributed by atoms with Crippen LogP contribution in [0.25, 0.3) is 0 Å². The molecule has 146 valence electrons. The molecule has 12 nitrogen and oxygen atoms in total. The Labute approximate surface area is 144 Å². The highest BCUT2D eigenvalue weighted by molar-refractivity contribution is 7.95. The van der Waals surface area contributed by atoms with E-state index in [0.717, 1.165) is 0 Å². The summed E-state index contributed by atoms with van der Waals surface area (Å²) in [6.45, 7) is 6.07. The molecule has 0 radical (unpaired) electrons. The van der Waals surface area contributed by atoms with Crippen molar-refractivity contribution >= 4 is 39.3 Å². The Balaban J connectivity index is 0. The molecule has 0 unspecified atom stereocenters. The van der Waals surface area contributed by atoms with Crippen molar-refractivity contribution in [1.29, 1.82) is 0 Å². The lowest BCUT2D eigenvalue weighted by molar-refractivity contribution is -0.120. The average molecular weight is 422 g/mol. The maximum absolute atomic E-state index is 11.2. The van der Waals surface area contributed by atoms with Crippen LogP contribution in [0.2, 0.25) is 0 Å². The first-order valence-corrected chi connectivity index (χ1v) is 11.1. The SMILES string of the molecule is C=CS(=O)(=O)CC(=O)NCCNC(=O)CS(=O)(=O)C=C.O=P(O)(O)O. The van der Waals surface area contributed by atoms with Crippen LogP contribution in [0.15, 0.2) is 24.0 Å². The van der Waals surface area contributed by atoms with Gasteiger partial charge in [-0.15, -0.1) is 0 Å². The molecule has 0 bridgehead atoms. The van der Waals surface area contributed by atoms with E-state index in [1.807, 2.05) is 0 Å². The molecule has 0 aromatic carbocycles. The van der Waals surface area contributed by atoms with E-state index >= 15 is 0 Å². The van der Waals surface area contributed by atoms with Crippen LogP contribution in [0, 0.1) is 0 Å². The van der Waals surface area contributed by atoms with Crippen molar-refractivity contribution in [1.82, 2.24) is 10.6 Å². The second-order valence-corrected chi connectivity index (χ2v) is 9.08. The summed E-state index contributed by atoms with van der Waals surface area (Å²) in [7, 11) is -11.9. The molecule has 0 atom stereocenters. The van der Waals surface area contributed by atoms with Gasteiger partial charge in [-0.2, -0.15) is 0 Å². The minimum absolute atomic E-state index is 0.0224. The number of hydrogen-bond acceptors (Lipinski definition) is 7. The van der Waals surface area contributed by atoms with Gasteiger partial charge in [0.2, 0.25) is 11.8 Å². The molecule has 0 aliphatic rings. The Hall–Kier alpha value is -1.57. The highest BCUT2D eigenvalue weighted by atomic mass is 32.2. The third-order valence-corrected chi connectivity index (χ3v) is 4.29. The molecule has 0 aromatic heterocycles. The lowest BCUT2D eigenvalue weighted by Gasteiger charge is -2.06. The molecule has 0 saturated carbocycles. The summed E-state index contributed by atoms with van der Waals surface area (Å²) in [5.41, 5.74) is 0. The van der Waals surface area contributed by atoms with Gasteiger partial charge in [0.15, 0.2) is 19.7 Å². The lowest BCUT2D eigenvalue weighted by atomic mass is 10.5. The third-order valence-electron chi connectivity index (χ3n) is 1.94. The molecule has 2 amide bonds. The molecule has 5 N–H and O–H groups in total. The zero-order chi connectivity index (χ0) is 20.3. The van der Waals surface area contributed by atoms with Crippen molar-refractivity contribution in [2.75, 3.05) is 24.6 Å².